The first-order valence-electron chi connectivity index (χ1n) is 5.90. The van der Waals surface area contributed by atoms with Crippen molar-refractivity contribution in [3.05, 3.63) is 11.6 Å². The fourth-order valence-electron chi connectivity index (χ4n) is 3.12. The van der Waals surface area contributed by atoms with Crippen LogP contribution in [0.4, 0.5) is 0 Å². The smallest absolute Gasteiger partial charge is 0.0461 e. The average Bonchev–Trinajstić information content (AvgIpc) is 2.44. The quantitative estimate of drug-likeness (QED) is 0.471. The Morgan fingerprint density at radius 1 is 1.20 bits per heavy atom. The van der Waals surface area contributed by atoms with Crippen LogP contribution in [0.1, 0.15) is 54.4 Å². The lowest BCUT2D eigenvalue weighted by atomic mass is 9.88. The Morgan fingerprint density at radius 2 is 1.67 bits per heavy atom. The van der Waals surface area contributed by atoms with Gasteiger partial charge in [0, 0.05) is 5.41 Å². The van der Waals surface area contributed by atoms with Crippen LogP contribution in [0.3, 0.4) is 0 Å². The molecule has 0 N–H and O–H groups in total. The zero-order valence-electron chi connectivity index (χ0n) is 11.1. The standard InChI is InChI=1S/C15H24/c1-8-10-12(3)11-15(9-2)13(4,5)14(15,6)7/h2,10H,8,11H2,1,3-7H3/b12-10-. The molecular formula is C15H24. The predicted octanol–water partition coefficient (Wildman–Crippen LogP) is 4.42. The maximum absolute atomic E-state index is 5.79. The van der Waals surface area contributed by atoms with Gasteiger partial charge in [-0.15, -0.1) is 6.42 Å². The first-order chi connectivity index (χ1) is 6.77. The third-order valence-electron chi connectivity index (χ3n) is 4.98. The van der Waals surface area contributed by atoms with Gasteiger partial charge in [0.15, 0.2) is 0 Å². The Kier molecular flexibility index (Phi) is 2.81. The highest BCUT2D eigenvalue weighted by Crippen LogP contribution is 2.79. The van der Waals surface area contributed by atoms with E-state index in [4.69, 9.17) is 6.42 Å². The van der Waals surface area contributed by atoms with Gasteiger partial charge in [-0.1, -0.05) is 52.2 Å². The molecule has 0 unspecified atom stereocenters. The van der Waals surface area contributed by atoms with E-state index in [1.807, 2.05) is 0 Å². The molecule has 1 aliphatic rings. The van der Waals surface area contributed by atoms with E-state index in [2.05, 4.69) is 53.5 Å². The van der Waals surface area contributed by atoms with Crippen LogP contribution in [0.5, 0.6) is 0 Å². The lowest BCUT2D eigenvalue weighted by Gasteiger charge is -2.15. The number of hydrogen-bond acceptors (Lipinski definition) is 0. The van der Waals surface area contributed by atoms with Gasteiger partial charge in [-0.2, -0.15) is 0 Å². The first kappa shape index (κ1) is 12.4. The van der Waals surface area contributed by atoms with Gasteiger partial charge in [-0.3, -0.25) is 0 Å². The molecule has 0 saturated heterocycles. The Morgan fingerprint density at radius 3 is 1.93 bits per heavy atom. The van der Waals surface area contributed by atoms with Crippen LogP contribution in [0.25, 0.3) is 0 Å². The van der Waals surface area contributed by atoms with Gasteiger partial charge in [0.2, 0.25) is 0 Å². The molecule has 15 heavy (non-hydrogen) atoms. The minimum Gasteiger partial charge on any atom is -0.119 e. The van der Waals surface area contributed by atoms with Gasteiger partial charge >= 0.3 is 0 Å². The molecule has 0 aromatic heterocycles. The molecule has 0 nitrogen and oxygen atoms in total. The highest BCUT2D eigenvalue weighted by Gasteiger charge is 2.75. The predicted molar refractivity (Wildman–Crippen MR) is 67.5 cm³/mol. The van der Waals surface area contributed by atoms with Gasteiger partial charge in [-0.25, -0.2) is 0 Å². The topological polar surface area (TPSA) is 0 Å². The second-order valence-corrected chi connectivity index (χ2v) is 5.94. The number of allylic oxidation sites excluding steroid dienone is 2. The molecule has 0 aliphatic heterocycles. The molecule has 0 heterocycles. The molecule has 1 fully saturated rings. The van der Waals surface area contributed by atoms with Crippen LogP contribution >= 0.6 is 0 Å². The largest absolute Gasteiger partial charge is 0.119 e. The molecule has 1 saturated carbocycles. The molecule has 0 heteroatoms. The third-order valence-corrected chi connectivity index (χ3v) is 4.98. The molecule has 1 rings (SSSR count). The van der Waals surface area contributed by atoms with Crippen molar-refractivity contribution in [2.45, 2.75) is 54.4 Å². The van der Waals surface area contributed by atoms with E-state index in [9.17, 15) is 0 Å². The molecule has 0 radical (unpaired) electrons. The molecule has 0 bridgehead atoms. The summed E-state index contributed by atoms with van der Waals surface area (Å²) in [7, 11) is 0. The van der Waals surface area contributed by atoms with E-state index < -0.39 is 0 Å². The van der Waals surface area contributed by atoms with Crippen molar-refractivity contribution in [3.8, 4) is 12.3 Å². The number of hydrogen-bond donors (Lipinski definition) is 0. The second kappa shape index (κ2) is 3.41. The molecular weight excluding hydrogens is 180 g/mol. The monoisotopic (exact) mass is 204 g/mol. The third kappa shape index (κ3) is 1.36. The second-order valence-electron chi connectivity index (χ2n) is 5.94. The number of rotatable bonds is 3. The van der Waals surface area contributed by atoms with Crippen LogP contribution in [-0.2, 0) is 0 Å². The first-order valence-corrected chi connectivity index (χ1v) is 5.90. The maximum Gasteiger partial charge on any atom is 0.0461 e. The van der Waals surface area contributed by atoms with Crippen LogP contribution in [0, 0.1) is 28.6 Å². The molecule has 84 valence electrons. The summed E-state index contributed by atoms with van der Waals surface area (Å²) in [5.74, 6) is 3.08. The SMILES string of the molecule is C#CC1(C/C(C)=C\CC)C(C)(C)C1(C)C. The van der Waals surface area contributed by atoms with Crippen molar-refractivity contribution < 1.29 is 0 Å². The fraction of sp³-hybridized carbons (Fsp3) is 0.733. The summed E-state index contributed by atoms with van der Waals surface area (Å²) in [4.78, 5) is 0. The molecule has 0 aromatic rings. The highest BCUT2D eigenvalue weighted by atomic mass is 14.8. The van der Waals surface area contributed by atoms with Gasteiger partial charge in [-0.05, 0) is 30.6 Å². The zero-order valence-corrected chi connectivity index (χ0v) is 11.1. The summed E-state index contributed by atoms with van der Waals surface area (Å²) < 4.78 is 0. The Labute approximate surface area is 95.2 Å². The van der Waals surface area contributed by atoms with Gasteiger partial charge in [0.1, 0.15) is 0 Å². The number of terminal acetylenes is 1. The lowest BCUT2D eigenvalue weighted by molar-refractivity contribution is 0.457. The molecule has 1 aliphatic carbocycles. The molecule has 0 aromatic carbocycles. The average molecular weight is 204 g/mol. The van der Waals surface area contributed by atoms with E-state index in [1.54, 1.807) is 0 Å². The normalized spacial score (nSPS) is 25.8. The summed E-state index contributed by atoms with van der Waals surface area (Å²) in [5.41, 5.74) is 2.03. The molecule has 0 amide bonds. The van der Waals surface area contributed by atoms with Crippen molar-refractivity contribution >= 4 is 0 Å². The van der Waals surface area contributed by atoms with E-state index >= 15 is 0 Å². The Hall–Kier alpha value is -0.700. The minimum atomic E-state index is 0.0652. The summed E-state index contributed by atoms with van der Waals surface area (Å²) in [5, 5.41) is 0. The van der Waals surface area contributed by atoms with Crippen LogP contribution in [0.15, 0.2) is 11.6 Å². The van der Waals surface area contributed by atoms with Crippen molar-refractivity contribution in [1.29, 1.82) is 0 Å². The van der Waals surface area contributed by atoms with Crippen LogP contribution in [0.2, 0.25) is 0 Å². The highest BCUT2D eigenvalue weighted by molar-refractivity contribution is 5.37. The maximum atomic E-state index is 5.79. The zero-order chi connectivity index (χ0) is 11.9. The van der Waals surface area contributed by atoms with Gasteiger partial charge in [0.25, 0.3) is 0 Å². The van der Waals surface area contributed by atoms with E-state index in [-0.39, 0.29) is 16.2 Å². The van der Waals surface area contributed by atoms with Gasteiger partial charge < -0.3 is 0 Å². The van der Waals surface area contributed by atoms with E-state index in [1.165, 1.54) is 5.57 Å². The minimum absolute atomic E-state index is 0.0652. The summed E-state index contributed by atoms with van der Waals surface area (Å²) in [6.45, 7) is 13.6. The van der Waals surface area contributed by atoms with Crippen molar-refractivity contribution in [1.82, 2.24) is 0 Å². The fourth-order valence-corrected chi connectivity index (χ4v) is 3.12. The summed E-state index contributed by atoms with van der Waals surface area (Å²) in [6, 6.07) is 0. The van der Waals surface area contributed by atoms with E-state index in [0.29, 0.717) is 0 Å². The molecule has 0 atom stereocenters. The summed E-state index contributed by atoms with van der Waals surface area (Å²) >= 11 is 0. The Bertz CT molecular complexity index is 306. The lowest BCUT2D eigenvalue weighted by Crippen LogP contribution is -2.08. The van der Waals surface area contributed by atoms with Crippen molar-refractivity contribution in [2.24, 2.45) is 16.2 Å². The van der Waals surface area contributed by atoms with Crippen LogP contribution < -0.4 is 0 Å². The van der Waals surface area contributed by atoms with Crippen LogP contribution in [-0.4, -0.2) is 0 Å². The van der Waals surface area contributed by atoms with Gasteiger partial charge in [0.05, 0.1) is 0 Å². The van der Waals surface area contributed by atoms with Crippen molar-refractivity contribution in [3.63, 3.8) is 0 Å². The summed E-state index contributed by atoms with van der Waals surface area (Å²) in [6.07, 6.45) is 10.2. The molecule has 0 spiro atoms. The Balaban J connectivity index is 2.95. The van der Waals surface area contributed by atoms with E-state index in [0.717, 1.165) is 12.8 Å². The van der Waals surface area contributed by atoms with Crippen molar-refractivity contribution in [2.75, 3.05) is 0 Å².